The third-order valence-corrected chi connectivity index (χ3v) is 3.89. The Morgan fingerprint density at radius 1 is 1.25 bits per heavy atom. The second-order valence-corrected chi connectivity index (χ2v) is 4.99. The number of aldehydes is 1. The summed E-state index contributed by atoms with van der Waals surface area (Å²) in [7, 11) is 0. The minimum absolute atomic E-state index is 0.664. The molecule has 0 radical (unpaired) electrons. The van der Waals surface area contributed by atoms with E-state index in [0.29, 0.717) is 5.56 Å². The molecular formula is C12H8BrNOS. The molecule has 0 N–H and O–H groups in total. The van der Waals surface area contributed by atoms with Crippen LogP contribution in [0.4, 0.5) is 0 Å². The van der Waals surface area contributed by atoms with Gasteiger partial charge in [0.2, 0.25) is 0 Å². The van der Waals surface area contributed by atoms with Gasteiger partial charge in [-0.05, 0) is 40.2 Å². The van der Waals surface area contributed by atoms with Crippen LogP contribution in [-0.4, -0.2) is 11.3 Å². The number of pyridine rings is 1. The van der Waals surface area contributed by atoms with Crippen molar-refractivity contribution in [1.82, 2.24) is 4.98 Å². The molecule has 2 rings (SSSR count). The highest BCUT2D eigenvalue weighted by Crippen LogP contribution is 2.32. The number of hydrogen-bond acceptors (Lipinski definition) is 3. The number of benzene rings is 1. The zero-order valence-electron chi connectivity index (χ0n) is 8.26. The van der Waals surface area contributed by atoms with Crippen LogP contribution < -0.4 is 0 Å². The second-order valence-electron chi connectivity index (χ2n) is 3.08. The summed E-state index contributed by atoms with van der Waals surface area (Å²) in [5.41, 5.74) is 0.664. The van der Waals surface area contributed by atoms with Crippen LogP contribution in [-0.2, 0) is 0 Å². The van der Waals surface area contributed by atoms with E-state index < -0.39 is 0 Å². The molecule has 0 fully saturated rings. The highest BCUT2D eigenvalue weighted by molar-refractivity contribution is 9.10. The highest BCUT2D eigenvalue weighted by Gasteiger charge is 2.03. The van der Waals surface area contributed by atoms with Gasteiger partial charge in [-0.2, -0.15) is 0 Å². The van der Waals surface area contributed by atoms with Gasteiger partial charge >= 0.3 is 0 Å². The number of halogens is 1. The van der Waals surface area contributed by atoms with E-state index in [1.54, 1.807) is 30.1 Å². The lowest BCUT2D eigenvalue weighted by Crippen LogP contribution is -1.83. The first-order valence-electron chi connectivity index (χ1n) is 4.63. The molecule has 0 unspecified atom stereocenters. The Kier molecular flexibility index (Phi) is 3.74. The van der Waals surface area contributed by atoms with Gasteiger partial charge in [-0.3, -0.25) is 4.79 Å². The van der Waals surface area contributed by atoms with Gasteiger partial charge in [0.15, 0.2) is 0 Å². The van der Waals surface area contributed by atoms with Crippen molar-refractivity contribution in [3.05, 3.63) is 52.6 Å². The maximum absolute atomic E-state index is 10.6. The molecule has 2 nitrogen and oxygen atoms in total. The summed E-state index contributed by atoms with van der Waals surface area (Å²) in [5.74, 6) is 0. The van der Waals surface area contributed by atoms with E-state index in [-0.39, 0.29) is 0 Å². The van der Waals surface area contributed by atoms with Crippen LogP contribution in [0, 0.1) is 0 Å². The van der Waals surface area contributed by atoms with E-state index in [0.717, 1.165) is 20.7 Å². The first kappa shape index (κ1) is 11.4. The van der Waals surface area contributed by atoms with Gasteiger partial charge in [-0.1, -0.05) is 23.9 Å². The smallest absolute Gasteiger partial charge is 0.150 e. The zero-order valence-corrected chi connectivity index (χ0v) is 10.7. The number of rotatable bonds is 3. The molecule has 1 aromatic heterocycles. The van der Waals surface area contributed by atoms with E-state index in [9.17, 15) is 4.79 Å². The van der Waals surface area contributed by atoms with Crippen LogP contribution in [0.25, 0.3) is 0 Å². The molecule has 0 amide bonds. The molecule has 0 bridgehead atoms. The first-order valence-corrected chi connectivity index (χ1v) is 6.24. The summed E-state index contributed by atoms with van der Waals surface area (Å²) >= 11 is 5.00. The maximum atomic E-state index is 10.6. The van der Waals surface area contributed by atoms with Gasteiger partial charge < -0.3 is 0 Å². The second kappa shape index (κ2) is 5.27. The molecule has 0 saturated carbocycles. The molecule has 0 aliphatic rings. The zero-order chi connectivity index (χ0) is 11.4. The fourth-order valence-electron chi connectivity index (χ4n) is 1.19. The van der Waals surface area contributed by atoms with E-state index in [1.807, 2.05) is 24.3 Å². The van der Waals surface area contributed by atoms with Crippen molar-refractivity contribution >= 4 is 34.0 Å². The van der Waals surface area contributed by atoms with Crippen molar-refractivity contribution in [3.63, 3.8) is 0 Å². The SMILES string of the molecule is O=Cc1ccc(Sc2ccccn2)c(Br)c1. The number of carbonyl (C=O) groups is 1. The van der Waals surface area contributed by atoms with Gasteiger partial charge in [-0.15, -0.1) is 0 Å². The van der Waals surface area contributed by atoms with Gasteiger partial charge in [0.1, 0.15) is 11.3 Å². The topological polar surface area (TPSA) is 30.0 Å². The molecule has 0 spiro atoms. The molecule has 16 heavy (non-hydrogen) atoms. The Balaban J connectivity index is 2.25. The Bertz CT molecular complexity index is 502. The lowest BCUT2D eigenvalue weighted by molar-refractivity contribution is 0.112. The molecule has 4 heteroatoms. The van der Waals surface area contributed by atoms with Crippen LogP contribution in [0.2, 0.25) is 0 Å². The standard InChI is InChI=1S/C12H8BrNOS/c13-10-7-9(8-15)4-5-11(10)16-12-3-1-2-6-14-12/h1-8H. The fourth-order valence-corrected chi connectivity index (χ4v) is 2.61. The Morgan fingerprint density at radius 2 is 2.12 bits per heavy atom. The molecule has 2 aromatic rings. The lowest BCUT2D eigenvalue weighted by Gasteiger charge is -2.03. The molecule has 0 aliphatic carbocycles. The van der Waals surface area contributed by atoms with Crippen molar-refractivity contribution in [2.75, 3.05) is 0 Å². The van der Waals surface area contributed by atoms with E-state index in [4.69, 9.17) is 0 Å². The summed E-state index contributed by atoms with van der Waals surface area (Å²) in [6.07, 6.45) is 2.59. The van der Waals surface area contributed by atoms with Crippen LogP contribution in [0.3, 0.4) is 0 Å². The quantitative estimate of drug-likeness (QED) is 0.806. The van der Waals surface area contributed by atoms with Crippen LogP contribution in [0.15, 0.2) is 57.0 Å². The molecule has 1 heterocycles. The lowest BCUT2D eigenvalue weighted by atomic mass is 10.2. The van der Waals surface area contributed by atoms with Gasteiger partial charge in [0.05, 0.1) is 0 Å². The predicted molar refractivity (Wildman–Crippen MR) is 67.9 cm³/mol. The van der Waals surface area contributed by atoms with Crippen molar-refractivity contribution in [1.29, 1.82) is 0 Å². The summed E-state index contributed by atoms with van der Waals surface area (Å²) in [6, 6.07) is 11.3. The molecule has 80 valence electrons. The third-order valence-electron chi connectivity index (χ3n) is 1.94. The summed E-state index contributed by atoms with van der Waals surface area (Å²) in [6.45, 7) is 0. The monoisotopic (exact) mass is 293 g/mol. The van der Waals surface area contributed by atoms with Gasteiger partial charge in [0, 0.05) is 21.1 Å². The largest absolute Gasteiger partial charge is 0.298 e. The van der Waals surface area contributed by atoms with Crippen molar-refractivity contribution in [2.24, 2.45) is 0 Å². The Labute approximate surface area is 106 Å². The van der Waals surface area contributed by atoms with Gasteiger partial charge in [0.25, 0.3) is 0 Å². The minimum Gasteiger partial charge on any atom is -0.298 e. The van der Waals surface area contributed by atoms with E-state index in [2.05, 4.69) is 20.9 Å². The summed E-state index contributed by atoms with van der Waals surface area (Å²) < 4.78 is 0.910. The summed E-state index contributed by atoms with van der Waals surface area (Å²) in [5, 5.41) is 0.932. The maximum Gasteiger partial charge on any atom is 0.150 e. The average molecular weight is 294 g/mol. The normalized spacial score (nSPS) is 10.1. The Morgan fingerprint density at radius 3 is 2.75 bits per heavy atom. The number of hydrogen-bond donors (Lipinski definition) is 0. The van der Waals surface area contributed by atoms with E-state index in [1.165, 1.54) is 0 Å². The van der Waals surface area contributed by atoms with Crippen molar-refractivity contribution in [2.45, 2.75) is 9.92 Å². The Hall–Kier alpha value is -1.13. The molecule has 0 atom stereocenters. The highest BCUT2D eigenvalue weighted by atomic mass is 79.9. The van der Waals surface area contributed by atoms with Crippen molar-refractivity contribution in [3.8, 4) is 0 Å². The molecule has 0 aliphatic heterocycles. The van der Waals surface area contributed by atoms with Crippen molar-refractivity contribution < 1.29 is 4.79 Å². The number of nitrogens with zero attached hydrogens (tertiary/aromatic N) is 1. The predicted octanol–water partition coefficient (Wildman–Crippen LogP) is 3.81. The van der Waals surface area contributed by atoms with Crippen LogP contribution in [0.5, 0.6) is 0 Å². The van der Waals surface area contributed by atoms with Crippen LogP contribution >= 0.6 is 27.7 Å². The molecule has 1 aromatic carbocycles. The fraction of sp³-hybridized carbons (Fsp3) is 0. The number of aromatic nitrogens is 1. The van der Waals surface area contributed by atoms with Crippen LogP contribution in [0.1, 0.15) is 10.4 Å². The third kappa shape index (κ3) is 2.71. The minimum atomic E-state index is 0.664. The molecular weight excluding hydrogens is 286 g/mol. The first-order chi connectivity index (χ1) is 7.79. The number of carbonyl (C=O) groups excluding carboxylic acids is 1. The molecule has 0 saturated heterocycles. The average Bonchev–Trinajstić information content (AvgIpc) is 2.33. The summed E-state index contributed by atoms with van der Waals surface area (Å²) in [4.78, 5) is 15.9. The van der Waals surface area contributed by atoms with E-state index >= 15 is 0 Å². The van der Waals surface area contributed by atoms with Gasteiger partial charge in [-0.25, -0.2) is 4.98 Å².